The Morgan fingerprint density at radius 2 is 0.617 bits per heavy atom. The third-order valence-electron chi connectivity index (χ3n) is 16.4. The first-order valence-corrected chi connectivity index (χ1v) is 28.8. The normalized spacial score (nSPS) is 10.7. The van der Waals surface area contributed by atoms with Crippen LogP contribution in [-0.4, -0.2) is 24.1 Å². The third-order valence-corrected chi connectivity index (χ3v) is 16.4. The summed E-state index contributed by atoms with van der Waals surface area (Å²) in [6.07, 6.45) is 0. The monoisotopic (exact) mass is 1190 g/mol. The van der Waals surface area contributed by atoms with Crippen molar-refractivity contribution in [3.8, 4) is 120 Å². The van der Waals surface area contributed by atoms with Gasteiger partial charge in [-0.1, -0.05) is 78.9 Å². The molecule has 0 saturated carbocycles. The lowest BCUT2D eigenvalue weighted by Gasteiger charge is -2.17. The number of rotatable bonds is 9. The quantitative estimate of drug-likeness (QED) is 0.128. The lowest BCUT2D eigenvalue weighted by molar-refractivity contribution is 1.06. The van der Waals surface area contributed by atoms with Crippen molar-refractivity contribution >= 4 is 72.0 Å². The highest BCUT2D eigenvalue weighted by atomic mass is 15.1. The maximum Gasteiger partial charge on any atom is 0.189 e. The lowest BCUT2D eigenvalue weighted by atomic mass is 9.97. The highest BCUT2D eigenvalue weighted by Crippen LogP contribution is 2.45. The van der Waals surface area contributed by atoms with Gasteiger partial charge < -0.3 is 9.13 Å². The standard InChI is InChI=1S/C79H35N15/c1-85-60-16-22-76(94-73-20-14-54(58-27-50(45-84)29-62(32-58)87-3)37-67(73)68-38-55(15-21-74(68)94)59-33-63(88-4)39-64(34-59)89-5)70(40-60)79-91-77(51-9-7-6-8-10-51)90-78(92-79)69-30-46(41-80)11-17-75(69)93-71-18-12-52(56-24-47(42-81)23-48(25-56)43-82)35-65(71)66-36-53(13-19-72(66)93)57-26-49(44-83)28-61(31-57)86-2/h6-40H. The number of nitriles is 5. The summed E-state index contributed by atoms with van der Waals surface area (Å²) in [6.45, 7) is 39.8. The Balaban J connectivity index is 1.03. The van der Waals surface area contributed by atoms with E-state index in [0.29, 0.717) is 107 Å². The van der Waals surface area contributed by atoms with Gasteiger partial charge in [0.1, 0.15) is 0 Å². The number of nitrogens with zero attached hydrogens (tertiary/aromatic N) is 15. The smallest absolute Gasteiger partial charge is 0.189 e. The van der Waals surface area contributed by atoms with Crippen LogP contribution in [0.4, 0.5) is 28.4 Å². The van der Waals surface area contributed by atoms with Crippen molar-refractivity contribution < 1.29 is 0 Å². The van der Waals surface area contributed by atoms with E-state index in [-0.39, 0.29) is 17.5 Å². The predicted molar refractivity (Wildman–Crippen MR) is 361 cm³/mol. The number of hydrogen-bond donors (Lipinski definition) is 0. The van der Waals surface area contributed by atoms with Crippen LogP contribution in [0.3, 0.4) is 0 Å². The summed E-state index contributed by atoms with van der Waals surface area (Å²) >= 11 is 0. The molecule has 0 aliphatic heterocycles. The molecule has 0 amide bonds. The zero-order chi connectivity index (χ0) is 64.7. The van der Waals surface area contributed by atoms with Crippen LogP contribution in [-0.2, 0) is 0 Å². The molecule has 426 valence electrons. The topological polar surface area (TPSA) is 189 Å². The Hall–Kier alpha value is -15.1. The molecule has 0 saturated heterocycles. The van der Waals surface area contributed by atoms with Crippen molar-refractivity contribution in [2.75, 3.05) is 0 Å². The fourth-order valence-electron chi connectivity index (χ4n) is 12.2. The molecular formula is C79H35N15. The minimum atomic E-state index is 0.186. The first-order valence-electron chi connectivity index (χ1n) is 28.8. The van der Waals surface area contributed by atoms with Crippen molar-refractivity contribution in [2.45, 2.75) is 0 Å². The van der Waals surface area contributed by atoms with E-state index >= 15 is 0 Å². The van der Waals surface area contributed by atoms with Crippen molar-refractivity contribution in [3.05, 3.63) is 297 Å². The average molecular weight is 1190 g/mol. The van der Waals surface area contributed by atoms with Gasteiger partial charge in [0.25, 0.3) is 0 Å². The van der Waals surface area contributed by atoms with Gasteiger partial charge in [-0.15, -0.1) is 0 Å². The summed E-state index contributed by atoms with van der Waals surface area (Å²) in [4.78, 5) is 34.5. The second kappa shape index (κ2) is 23.2. The summed E-state index contributed by atoms with van der Waals surface area (Å²) in [7, 11) is 0. The molecule has 3 aromatic heterocycles. The molecule has 94 heavy (non-hydrogen) atoms. The number of aromatic nitrogens is 5. The van der Waals surface area contributed by atoms with Gasteiger partial charge in [-0.3, -0.25) is 0 Å². The van der Waals surface area contributed by atoms with Crippen LogP contribution in [0.2, 0.25) is 0 Å². The SMILES string of the molecule is [C-]#[N+]c1cc(C#N)cc(-c2ccc3c(c2)c2cc(-c4cc(C#N)cc(C#N)c4)ccc2n3-c2ccc(C#N)cc2-c2nc(-c3ccccc3)nc(-c3cc([N+]#[C-])ccc3-n3c4ccc(-c5cc(C#N)cc([N+]#[C-])c5)cc4c4cc(-c5cc([N+]#[C-])cc([N+]#[C-])c5)ccc43)n2)c1. The molecule has 0 aliphatic carbocycles. The molecule has 15 nitrogen and oxygen atoms in total. The molecule has 15 heteroatoms. The van der Waals surface area contributed by atoms with E-state index in [4.69, 9.17) is 47.8 Å². The third kappa shape index (κ3) is 9.97. The lowest BCUT2D eigenvalue weighted by Crippen LogP contribution is -2.06. The molecule has 0 bridgehead atoms. The van der Waals surface area contributed by atoms with Gasteiger partial charge >= 0.3 is 0 Å². The van der Waals surface area contributed by atoms with Crippen molar-refractivity contribution in [1.82, 2.24) is 24.1 Å². The van der Waals surface area contributed by atoms with Gasteiger partial charge in [-0.2, -0.15) is 26.3 Å². The van der Waals surface area contributed by atoms with Crippen LogP contribution in [0.25, 0.3) is 158 Å². The summed E-state index contributed by atoms with van der Waals surface area (Å²) in [5.74, 6) is 0.662. The molecule has 0 radical (unpaired) electrons. The molecule has 0 aliphatic rings. The van der Waals surface area contributed by atoms with Gasteiger partial charge in [0.2, 0.25) is 0 Å². The van der Waals surface area contributed by atoms with Gasteiger partial charge in [0.05, 0.1) is 113 Å². The predicted octanol–water partition coefficient (Wildman–Crippen LogP) is 19.8. The zero-order valence-corrected chi connectivity index (χ0v) is 48.9. The highest BCUT2D eigenvalue weighted by Gasteiger charge is 2.25. The van der Waals surface area contributed by atoms with Crippen LogP contribution >= 0.6 is 0 Å². The molecule has 0 fully saturated rings. The zero-order valence-electron chi connectivity index (χ0n) is 48.9. The maximum atomic E-state index is 10.7. The van der Waals surface area contributed by atoms with Crippen LogP contribution in [0, 0.1) is 89.5 Å². The number of benzene rings is 11. The number of hydrogen-bond acceptors (Lipinski definition) is 8. The van der Waals surface area contributed by atoms with E-state index in [2.05, 4.69) is 63.7 Å². The van der Waals surface area contributed by atoms with Crippen LogP contribution < -0.4 is 0 Å². The molecule has 11 aromatic carbocycles. The molecule has 0 atom stereocenters. The van der Waals surface area contributed by atoms with Gasteiger partial charge in [0, 0.05) is 49.4 Å². The fraction of sp³-hybridized carbons (Fsp3) is 0. The molecule has 0 unspecified atom stereocenters. The summed E-state index contributed by atoms with van der Waals surface area (Å²) in [6, 6.07) is 74.9. The summed E-state index contributed by atoms with van der Waals surface area (Å²) in [5, 5.41) is 53.9. The Kier molecular flexibility index (Phi) is 14.0. The summed E-state index contributed by atoms with van der Waals surface area (Å²) < 4.78 is 4.14. The Morgan fingerprint density at radius 3 is 1.02 bits per heavy atom. The Morgan fingerprint density at radius 1 is 0.266 bits per heavy atom. The van der Waals surface area contributed by atoms with Crippen LogP contribution in [0.1, 0.15) is 27.8 Å². The molecular weight excluding hydrogens is 1160 g/mol. The van der Waals surface area contributed by atoms with E-state index in [1.807, 2.05) is 115 Å². The van der Waals surface area contributed by atoms with Gasteiger partial charge in [-0.25, -0.2) is 39.2 Å². The van der Waals surface area contributed by atoms with E-state index < -0.39 is 0 Å². The molecule has 14 aromatic rings. The second-order valence-corrected chi connectivity index (χ2v) is 21.9. The molecule has 14 rings (SSSR count). The number of fused-ring (bicyclic) bond motifs is 6. The van der Waals surface area contributed by atoms with Gasteiger partial charge in [0.15, 0.2) is 45.9 Å². The van der Waals surface area contributed by atoms with Crippen molar-refractivity contribution in [1.29, 1.82) is 26.3 Å². The highest BCUT2D eigenvalue weighted by molar-refractivity contribution is 6.14. The first-order chi connectivity index (χ1) is 46.0. The van der Waals surface area contributed by atoms with Crippen LogP contribution in [0.15, 0.2) is 212 Å². The van der Waals surface area contributed by atoms with Gasteiger partial charge in [-0.05, 0) is 178 Å². The largest absolute Gasteiger partial charge is 0.309 e. The van der Waals surface area contributed by atoms with E-state index in [0.717, 1.165) is 65.9 Å². The van der Waals surface area contributed by atoms with Crippen LogP contribution in [0.5, 0.6) is 0 Å². The molecule has 3 heterocycles. The molecule has 0 N–H and O–H groups in total. The maximum absolute atomic E-state index is 10.7. The van der Waals surface area contributed by atoms with E-state index in [1.54, 1.807) is 91.0 Å². The van der Waals surface area contributed by atoms with Crippen molar-refractivity contribution in [2.24, 2.45) is 0 Å². The first kappa shape index (κ1) is 56.7. The van der Waals surface area contributed by atoms with E-state index in [9.17, 15) is 26.3 Å². The minimum absolute atomic E-state index is 0.186. The Labute approximate surface area is 537 Å². The summed E-state index contributed by atoms with van der Waals surface area (Å²) in [5.41, 5.74) is 14.4. The van der Waals surface area contributed by atoms with Crippen molar-refractivity contribution in [3.63, 3.8) is 0 Å². The fourth-order valence-corrected chi connectivity index (χ4v) is 12.2. The average Bonchev–Trinajstić information content (AvgIpc) is 1.57. The van der Waals surface area contributed by atoms with E-state index in [1.165, 1.54) is 6.07 Å². The minimum Gasteiger partial charge on any atom is -0.309 e. The molecule has 0 spiro atoms. The Bertz CT molecular complexity index is 5390. The second-order valence-electron chi connectivity index (χ2n) is 21.9.